The molecule has 1 aromatic heterocycles. The van der Waals surface area contributed by atoms with Gasteiger partial charge in [0.2, 0.25) is 0 Å². The number of pyridine rings is 1. The summed E-state index contributed by atoms with van der Waals surface area (Å²) in [5.41, 5.74) is 7.63. The van der Waals surface area contributed by atoms with Gasteiger partial charge in [-0.3, -0.25) is 4.98 Å². The minimum absolute atomic E-state index is 0.390. The maximum absolute atomic E-state index is 6.00. The van der Waals surface area contributed by atoms with Gasteiger partial charge in [0.15, 0.2) is 0 Å². The van der Waals surface area contributed by atoms with Gasteiger partial charge in [0, 0.05) is 12.1 Å². The lowest BCUT2D eigenvalue weighted by molar-refractivity contribution is 0.207. The van der Waals surface area contributed by atoms with E-state index in [9.17, 15) is 0 Å². The highest BCUT2D eigenvalue weighted by Crippen LogP contribution is 2.26. The van der Waals surface area contributed by atoms with Gasteiger partial charge in [-0.25, -0.2) is 0 Å². The summed E-state index contributed by atoms with van der Waals surface area (Å²) in [6.45, 7) is 2.62. The summed E-state index contributed by atoms with van der Waals surface area (Å²) in [7, 11) is 0. The molecule has 0 bridgehead atoms. The lowest BCUT2D eigenvalue weighted by Gasteiger charge is -2.16. The average molecular weight is 220 g/mol. The molecule has 0 aliphatic heterocycles. The molecule has 1 heterocycles. The van der Waals surface area contributed by atoms with Crippen molar-refractivity contribution in [3.05, 3.63) is 23.5 Å². The SMILES string of the molecule is Cc1ccc(OC2CCCC2)c(CCN)n1. The molecule has 0 aromatic carbocycles. The summed E-state index contributed by atoms with van der Waals surface area (Å²) >= 11 is 0. The quantitative estimate of drug-likeness (QED) is 0.846. The van der Waals surface area contributed by atoms with Crippen LogP contribution in [-0.4, -0.2) is 17.6 Å². The number of nitrogens with two attached hydrogens (primary N) is 1. The normalized spacial score (nSPS) is 16.6. The molecule has 2 N–H and O–H groups in total. The Morgan fingerprint density at radius 3 is 2.81 bits per heavy atom. The summed E-state index contributed by atoms with van der Waals surface area (Å²) in [6.07, 6.45) is 6.11. The number of hydrogen-bond donors (Lipinski definition) is 1. The molecule has 1 fully saturated rings. The van der Waals surface area contributed by atoms with E-state index >= 15 is 0 Å². The molecule has 0 amide bonds. The second-order valence-electron chi connectivity index (χ2n) is 4.46. The highest BCUT2D eigenvalue weighted by molar-refractivity contribution is 5.29. The van der Waals surface area contributed by atoms with Crippen molar-refractivity contribution in [2.75, 3.05) is 6.54 Å². The zero-order valence-electron chi connectivity index (χ0n) is 9.91. The Hall–Kier alpha value is -1.09. The van der Waals surface area contributed by atoms with Crippen molar-refractivity contribution in [2.45, 2.75) is 45.1 Å². The topological polar surface area (TPSA) is 48.1 Å². The van der Waals surface area contributed by atoms with Gasteiger partial charge in [0.25, 0.3) is 0 Å². The first-order valence-electron chi connectivity index (χ1n) is 6.13. The fourth-order valence-electron chi connectivity index (χ4n) is 2.21. The minimum atomic E-state index is 0.390. The van der Waals surface area contributed by atoms with Crippen LogP contribution in [0.1, 0.15) is 37.1 Å². The van der Waals surface area contributed by atoms with Gasteiger partial charge >= 0.3 is 0 Å². The van der Waals surface area contributed by atoms with E-state index in [1.54, 1.807) is 0 Å². The van der Waals surface area contributed by atoms with Crippen LogP contribution < -0.4 is 10.5 Å². The van der Waals surface area contributed by atoms with Gasteiger partial charge in [-0.1, -0.05) is 0 Å². The third kappa shape index (κ3) is 2.73. The first-order chi connectivity index (χ1) is 7.79. The van der Waals surface area contributed by atoms with E-state index in [1.807, 2.05) is 19.1 Å². The van der Waals surface area contributed by atoms with Crippen LogP contribution in [0.15, 0.2) is 12.1 Å². The number of aryl methyl sites for hydroxylation is 1. The van der Waals surface area contributed by atoms with Crippen LogP contribution in [0.25, 0.3) is 0 Å². The first kappa shape index (κ1) is 11.4. The lowest BCUT2D eigenvalue weighted by atomic mass is 10.2. The van der Waals surface area contributed by atoms with E-state index in [0.29, 0.717) is 12.6 Å². The third-order valence-corrected chi connectivity index (χ3v) is 3.05. The van der Waals surface area contributed by atoms with Gasteiger partial charge in [-0.05, 0) is 51.3 Å². The summed E-state index contributed by atoms with van der Waals surface area (Å²) in [4.78, 5) is 4.50. The minimum Gasteiger partial charge on any atom is -0.489 e. The maximum atomic E-state index is 6.00. The molecule has 1 aliphatic carbocycles. The van der Waals surface area contributed by atoms with Crippen LogP contribution in [0, 0.1) is 6.92 Å². The molecule has 3 heteroatoms. The second kappa shape index (κ2) is 5.30. The van der Waals surface area contributed by atoms with Crippen LogP contribution in [0.5, 0.6) is 5.75 Å². The molecule has 16 heavy (non-hydrogen) atoms. The summed E-state index contributed by atoms with van der Waals surface area (Å²) < 4.78 is 6.00. The number of nitrogens with zero attached hydrogens (tertiary/aromatic N) is 1. The number of rotatable bonds is 4. The highest BCUT2D eigenvalue weighted by atomic mass is 16.5. The van der Waals surface area contributed by atoms with Crippen molar-refractivity contribution in [1.29, 1.82) is 0 Å². The van der Waals surface area contributed by atoms with E-state index in [0.717, 1.165) is 23.6 Å². The Labute approximate surface area is 97.0 Å². The van der Waals surface area contributed by atoms with E-state index in [4.69, 9.17) is 10.5 Å². The molecule has 0 spiro atoms. The van der Waals surface area contributed by atoms with Gasteiger partial charge in [0.05, 0.1) is 11.8 Å². The number of ether oxygens (including phenoxy) is 1. The maximum Gasteiger partial charge on any atom is 0.141 e. The predicted molar refractivity (Wildman–Crippen MR) is 64.6 cm³/mol. The van der Waals surface area contributed by atoms with Crippen LogP contribution >= 0.6 is 0 Å². The molecule has 1 saturated carbocycles. The van der Waals surface area contributed by atoms with E-state index < -0.39 is 0 Å². The van der Waals surface area contributed by atoms with E-state index in [-0.39, 0.29) is 0 Å². The Kier molecular flexibility index (Phi) is 3.78. The van der Waals surface area contributed by atoms with Crippen molar-refractivity contribution in [1.82, 2.24) is 4.98 Å². The highest BCUT2D eigenvalue weighted by Gasteiger charge is 2.18. The molecular formula is C13H20N2O. The molecule has 0 atom stereocenters. The van der Waals surface area contributed by atoms with Crippen molar-refractivity contribution in [3.63, 3.8) is 0 Å². The number of hydrogen-bond acceptors (Lipinski definition) is 3. The predicted octanol–water partition coefficient (Wildman–Crippen LogP) is 2.21. The van der Waals surface area contributed by atoms with Gasteiger partial charge in [0.1, 0.15) is 5.75 Å². The summed E-state index contributed by atoms with van der Waals surface area (Å²) in [5, 5.41) is 0. The molecule has 0 unspecified atom stereocenters. The monoisotopic (exact) mass is 220 g/mol. The van der Waals surface area contributed by atoms with Gasteiger partial charge < -0.3 is 10.5 Å². The van der Waals surface area contributed by atoms with Crippen molar-refractivity contribution in [2.24, 2.45) is 5.73 Å². The van der Waals surface area contributed by atoms with E-state index in [2.05, 4.69) is 4.98 Å². The molecule has 1 aliphatic rings. The first-order valence-corrected chi connectivity index (χ1v) is 6.13. The van der Waals surface area contributed by atoms with Gasteiger partial charge in [-0.15, -0.1) is 0 Å². The summed E-state index contributed by atoms with van der Waals surface area (Å²) in [6, 6.07) is 4.04. The van der Waals surface area contributed by atoms with Crippen molar-refractivity contribution in [3.8, 4) is 5.75 Å². The van der Waals surface area contributed by atoms with Gasteiger partial charge in [-0.2, -0.15) is 0 Å². The van der Waals surface area contributed by atoms with Crippen LogP contribution in [-0.2, 0) is 6.42 Å². The molecule has 1 aromatic rings. The lowest BCUT2D eigenvalue weighted by Crippen LogP contribution is -2.14. The zero-order valence-corrected chi connectivity index (χ0v) is 9.91. The fourth-order valence-corrected chi connectivity index (χ4v) is 2.21. The standard InChI is InChI=1S/C13H20N2O/c1-10-6-7-13(12(15-10)8-9-14)16-11-4-2-3-5-11/h6-7,11H,2-5,8-9,14H2,1H3. The molecule has 3 nitrogen and oxygen atoms in total. The van der Waals surface area contributed by atoms with Crippen LogP contribution in [0.2, 0.25) is 0 Å². The second-order valence-corrected chi connectivity index (χ2v) is 4.46. The fraction of sp³-hybridized carbons (Fsp3) is 0.615. The van der Waals surface area contributed by atoms with E-state index in [1.165, 1.54) is 25.7 Å². The zero-order chi connectivity index (χ0) is 11.4. The number of aromatic nitrogens is 1. The molecule has 88 valence electrons. The summed E-state index contributed by atoms with van der Waals surface area (Å²) in [5.74, 6) is 0.933. The molecule has 2 rings (SSSR count). The Morgan fingerprint density at radius 1 is 1.38 bits per heavy atom. The Balaban J connectivity index is 2.11. The van der Waals surface area contributed by atoms with Crippen LogP contribution in [0.3, 0.4) is 0 Å². The third-order valence-electron chi connectivity index (χ3n) is 3.05. The van der Waals surface area contributed by atoms with Crippen molar-refractivity contribution < 1.29 is 4.74 Å². The van der Waals surface area contributed by atoms with Crippen LogP contribution in [0.4, 0.5) is 0 Å². The largest absolute Gasteiger partial charge is 0.489 e. The Bertz CT molecular complexity index is 346. The Morgan fingerprint density at radius 2 is 2.12 bits per heavy atom. The van der Waals surface area contributed by atoms with Crippen molar-refractivity contribution >= 4 is 0 Å². The molecule has 0 radical (unpaired) electrons. The average Bonchev–Trinajstić information content (AvgIpc) is 2.75. The smallest absolute Gasteiger partial charge is 0.141 e. The molecular weight excluding hydrogens is 200 g/mol. The molecule has 0 saturated heterocycles.